The number of carbonyl (C=O) groups is 1. The van der Waals surface area contributed by atoms with Crippen LogP contribution >= 0.6 is 12.4 Å². The third-order valence-electron chi connectivity index (χ3n) is 2.36. The van der Waals surface area contributed by atoms with Gasteiger partial charge in [-0.3, -0.25) is 4.79 Å². The SMILES string of the molecule is CCn1c(CC(=O)O)nc2ccccc21.Cl. The molecule has 2 rings (SSSR count). The monoisotopic (exact) mass is 240 g/mol. The predicted octanol–water partition coefficient (Wildman–Crippen LogP) is 2.11. The van der Waals surface area contributed by atoms with E-state index in [2.05, 4.69) is 4.98 Å². The second-order valence-corrected chi connectivity index (χ2v) is 3.33. The Bertz CT molecular complexity index is 508. The molecule has 0 saturated carbocycles. The summed E-state index contributed by atoms with van der Waals surface area (Å²) in [6.07, 6.45) is -0.0253. The molecule has 0 radical (unpaired) electrons. The van der Waals surface area contributed by atoms with Crippen molar-refractivity contribution in [3.05, 3.63) is 30.1 Å². The van der Waals surface area contributed by atoms with Gasteiger partial charge in [-0.05, 0) is 19.1 Å². The lowest BCUT2D eigenvalue weighted by Gasteiger charge is -2.02. The topological polar surface area (TPSA) is 55.1 Å². The zero-order valence-electron chi connectivity index (χ0n) is 8.88. The molecule has 1 aromatic heterocycles. The molecule has 0 amide bonds. The lowest BCUT2D eigenvalue weighted by molar-refractivity contribution is -0.136. The van der Waals surface area contributed by atoms with Gasteiger partial charge in [0.05, 0.1) is 11.0 Å². The fourth-order valence-electron chi connectivity index (χ4n) is 1.75. The van der Waals surface area contributed by atoms with E-state index >= 15 is 0 Å². The third-order valence-corrected chi connectivity index (χ3v) is 2.36. The fraction of sp³-hybridized carbons (Fsp3) is 0.273. The number of hydrogen-bond acceptors (Lipinski definition) is 2. The minimum atomic E-state index is -0.847. The minimum absolute atomic E-state index is 0. The summed E-state index contributed by atoms with van der Waals surface area (Å²) in [6.45, 7) is 2.72. The molecule has 5 heteroatoms. The van der Waals surface area contributed by atoms with E-state index in [0.29, 0.717) is 5.82 Å². The summed E-state index contributed by atoms with van der Waals surface area (Å²) in [5, 5.41) is 8.76. The zero-order valence-corrected chi connectivity index (χ0v) is 9.70. The number of halogens is 1. The van der Waals surface area contributed by atoms with Gasteiger partial charge in [0.2, 0.25) is 0 Å². The van der Waals surface area contributed by atoms with Crippen molar-refractivity contribution in [1.82, 2.24) is 9.55 Å². The zero-order chi connectivity index (χ0) is 10.8. The number of aliphatic carboxylic acids is 1. The number of para-hydroxylation sites is 2. The summed E-state index contributed by atoms with van der Waals surface area (Å²) in [7, 11) is 0. The first-order valence-electron chi connectivity index (χ1n) is 4.88. The summed E-state index contributed by atoms with van der Waals surface area (Å²) >= 11 is 0. The van der Waals surface area contributed by atoms with Crippen molar-refractivity contribution in [3.63, 3.8) is 0 Å². The average molecular weight is 241 g/mol. The fourth-order valence-corrected chi connectivity index (χ4v) is 1.75. The number of carboxylic acids is 1. The average Bonchev–Trinajstić information content (AvgIpc) is 2.53. The Labute approximate surface area is 99.3 Å². The first kappa shape index (κ1) is 12.5. The number of fused-ring (bicyclic) bond motifs is 1. The van der Waals surface area contributed by atoms with Gasteiger partial charge in [0.1, 0.15) is 12.2 Å². The smallest absolute Gasteiger partial charge is 0.311 e. The number of hydrogen-bond donors (Lipinski definition) is 1. The summed E-state index contributed by atoms with van der Waals surface area (Å²) in [6, 6.07) is 7.69. The molecule has 0 spiro atoms. The molecule has 0 bridgehead atoms. The number of imidazole rings is 1. The summed E-state index contributed by atoms with van der Waals surface area (Å²) < 4.78 is 1.93. The lowest BCUT2D eigenvalue weighted by atomic mass is 10.3. The summed E-state index contributed by atoms with van der Waals surface area (Å²) in [5.74, 6) is -0.230. The van der Waals surface area contributed by atoms with E-state index in [1.807, 2.05) is 35.8 Å². The van der Waals surface area contributed by atoms with E-state index in [4.69, 9.17) is 5.11 Å². The van der Waals surface area contributed by atoms with Gasteiger partial charge in [-0.1, -0.05) is 12.1 Å². The molecule has 4 nitrogen and oxygen atoms in total. The van der Waals surface area contributed by atoms with Crippen LogP contribution in [0.3, 0.4) is 0 Å². The van der Waals surface area contributed by atoms with Gasteiger partial charge in [0.25, 0.3) is 0 Å². The van der Waals surface area contributed by atoms with E-state index < -0.39 is 5.97 Å². The lowest BCUT2D eigenvalue weighted by Crippen LogP contribution is -2.08. The number of carboxylic acid groups (broad SMARTS) is 1. The van der Waals surface area contributed by atoms with Crippen molar-refractivity contribution < 1.29 is 9.90 Å². The van der Waals surface area contributed by atoms with E-state index in [1.54, 1.807) is 0 Å². The van der Waals surface area contributed by atoms with Crippen molar-refractivity contribution in [2.24, 2.45) is 0 Å². The van der Waals surface area contributed by atoms with Crippen molar-refractivity contribution in [3.8, 4) is 0 Å². The first-order chi connectivity index (χ1) is 7.22. The second-order valence-electron chi connectivity index (χ2n) is 3.33. The Morgan fingerprint density at radius 1 is 1.44 bits per heavy atom. The highest BCUT2D eigenvalue weighted by Crippen LogP contribution is 2.16. The van der Waals surface area contributed by atoms with Crippen molar-refractivity contribution in [1.29, 1.82) is 0 Å². The van der Waals surface area contributed by atoms with E-state index in [-0.39, 0.29) is 18.8 Å². The van der Waals surface area contributed by atoms with Crippen LogP contribution in [-0.2, 0) is 17.8 Å². The highest BCUT2D eigenvalue weighted by molar-refractivity contribution is 5.85. The van der Waals surface area contributed by atoms with Crippen LogP contribution in [0.4, 0.5) is 0 Å². The summed E-state index contributed by atoms with van der Waals surface area (Å²) in [5.41, 5.74) is 1.85. The Hall–Kier alpha value is -1.55. The molecular formula is C11H13ClN2O2. The number of benzene rings is 1. The molecular weight excluding hydrogens is 228 g/mol. The standard InChI is InChI=1S/C11H12N2O2.ClH/c1-2-13-9-6-4-3-5-8(9)12-10(13)7-11(14)15;/h3-6H,2,7H2,1H3,(H,14,15);1H. The number of nitrogens with zero attached hydrogens (tertiary/aromatic N) is 2. The highest BCUT2D eigenvalue weighted by Gasteiger charge is 2.11. The molecule has 1 aromatic carbocycles. The molecule has 2 aromatic rings. The molecule has 86 valence electrons. The van der Waals surface area contributed by atoms with Crippen LogP contribution in [0.15, 0.2) is 24.3 Å². The van der Waals surface area contributed by atoms with Gasteiger partial charge < -0.3 is 9.67 Å². The maximum Gasteiger partial charge on any atom is 0.311 e. The molecule has 1 heterocycles. The van der Waals surface area contributed by atoms with Gasteiger partial charge in [0, 0.05) is 6.54 Å². The normalized spacial score (nSPS) is 10.1. The highest BCUT2D eigenvalue weighted by atomic mass is 35.5. The molecule has 0 aliphatic heterocycles. The van der Waals surface area contributed by atoms with Gasteiger partial charge in [-0.2, -0.15) is 0 Å². The van der Waals surface area contributed by atoms with Crippen LogP contribution in [0.2, 0.25) is 0 Å². The molecule has 0 aliphatic rings. The molecule has 0 fully saturated rings. The van der Waals surface area contributed by atoms with Crippen molar-refractivity contribution >= 4 is 29.4 Å². The third kappa shape index (κ3) is 2.17. The maximum absolute atomic E-state index is 10.7. The Kier molecular flexibility index (Phi) is 3.90. The van der Waals surface area contributed by atoms with Crippen LogP contribution in [-0.4, -0.2) is 20.6 Å². The van der Waals surface area contributed by atoms with Crippen LogP contribution in [0.5, 0.6) is 0 Å². The number of aryl methyl sites for hydroxylation is 1. The van der Waals surface area contributed by atoms with E-state index in [1.165, 1.54) is 0 Å². The molecule has 0 aliphatic carbocycles. The van der Waals surface area contributed by atoms with E-state index in [0.717, 1.165) is 17.6 Å². The number of rotatable bonds is 3. The van der Waals surface area contributed by atoms with Gasteiger partial charge in [-0.25, -0.2) is 4.98 Å². The molecule has 1 N–H and O–H groups in total. The quantitative estimate of drug-likeness (QED) is 0.894. The second kappa shape index (κ2) is 4.99. The van der Waals surface area contributed by atoms with Crippen LogP contribution in [0, 0.1) is 0 Å². The molecule has 16 heavy (non-hydrogen) atoms. The van der Waals surface area contributed by atoms with Crippen molar-refractivity contribution in [2.45, 2.75) is 19.9 Å². The minimum Gasteiger partial charge on any atom is -0.481 e. The maximum atomic E-state index is 10.7. The van der Waals surface area contributed by atoms with Crippen LogP contribution < -0.4 is 0 Å². The van der Waals surface area contributed by atoms with Gasteiger partial charge >= 0.3 is 5.97 Å². The van der Waals surface area contributed by atoms with Crippen LogP contribution in [0.1, 0.15) is 12.7 Å². The summed E-state index contributed by atoms with van der Waals surface area (Å²) in [4.78, 5) is 15.0. The Morgan fingerprint density at radius 3 is 2.75 bits per heavy atom. The molecule has 0 atom stereocenters. The first-order valence-corrected chi connectivity index (χ1v) is 4.88. The molecule has 0 unspecified atom stereocenters. The Morgan fingerprint density at radius 2 is 2.12 bits per heavy atom. The molecule has 0 saturated heterocycles. The largest absolute Gasteiger partial charge is 0.481 e. The number of aromatic nitrogens is 2. The van der Waals surface area contributed by atoms with Gasteiger partial charge in [-0.15, -0.1) is 12.4 Å². The Balaban J connectivity index is 0.00000128. The van der Waals surface area contributed by atoms with Gasteiger partial charge in [0.15, 0.2) is 0 Å². The van der Waals surface area contributed by atoms with E-state index in [9.17, 15) is 4.79 Å². The van der Waals surface area contributed by atoms with Crippen molar-refractivity contribution in [2.75, 3.05) is 0 Å². The predicted molar refractivity (Wildman–Crippen MR) is 64.0 cm³/mol. The van der Waals surface area contributed by atoms with Crippen LogP contribution in [0.25, 0.3) is 11.0 Å².